The molecule has 0 aliphatic rings. The van der Waals surface area contributed by atoms with Gasteiger partial charge in [-0.1, -0.05) is 0 Å². The van der Waals surface area contributed by atoms with E-state index in [0.29, 0.717) is 0 Å². The molecule has 64 valence electrons. The molecule has 12 heavy (non-hydrogen) atoms. The highest BCUT2D eigenvalue weighted by molar-refractivity contribution is 5.86. The first-order valence-electron chi connectivity index (χ1n) is 3.61. The van der Waals surface area contributed by atoms with Gasteiger partial charge >= 0.3 is 5.97 Å². The number of aromatic nitrogens is 1. The maximum absolute atomic E-state index is 10.7. The van der Waals surface area contributed by atoms with Gasteiger partial charge in [-0.2, -0.15) is 0 Å². The van der Waals surface area contributed by atoms with E-state index in [4.69, 9.17) is 0 Å². The summed E-state index contributed by atoms with van der Waals surface area (Å²) in [7, 11) is 3.27. The third-order valence-electron chi connectivity index (χ3n) is 1.58. The SMILES string of the molecule is COC(=O)/C=C/c1cccn1C. The van der Waals surface area contributed by atoms with Crippen LogP contribution in [0.4, 0.5) is 0 Å². The summed E-state index contributed by atoms with van der Waals surface area (Å²) in [6.45, 7) is 0. The van der Waals surface area contributed by atoms with Crippen LogP contribution in [0.3, 0.4) is 0 Å². The molecular weight excluding hydrogens is 154 g/mol. The van der Waals surface area contributed by atoms with Gasteiger partial charge in [0.1, 0.15) is 0 Å². The van der Waals surface area contributed by atoms with E-state index in [1.807, 2.05) is 29.9 Å². The van der Waals surface area contributed by atoms with Crippen LogP contribution in [0.1, 0.15) is 5.69 Å². The number of esters is 1. The molecule has 3 heteroatoms. The topological polar surface area (TPSA) is 31.2 Å². The molecular formula is C9H11NO2. The maximum atomic E-state index is 10.7. The van der Waals surface area contributed by atoms with E-state index in [-0.39, 0.29) is 5.97 Å². The van der Waals surface area contributed by atoms with Crippen molar-refractivity contribution in [3.63, 3.8) is 0 Å². The van der Waals surface area contributed by atoms with Crippen LogP contribution >= 0.6 is 0 Å². The Kier molecular flexibility index (Phi) is 2.69. The lowest BCUT2D eigenvalue weighted by Crippen LogP contribution is -1.94. The Bertz CT molecular complexity index is 299. The molecule has 0 saturated heterocycles. The van der Waals surface area contributed by atoms with E-state index < -0.39 is 0 Å². The predicted molar refractivity (Wildman–Crippen MR) is 46.5 cm³/mol. The zero-order valence-corrected chi connectivity index (χ0v) is 7.15. The van der Waals surface area contributed by atoms with Crippen LogP contribution < -0.4 is 0 Å². The summed E-state index contributed by atoms with van der Waals surface area (Å²) < 4.78 is 6.37. The van der Waals surface area contributed by atoms with E-state index in [0.717, 1.165) is 5.69 Å². The van der Waals surface area contributed by atoms with Crippen molar-refractivity contribution in [2.24, 2.45) is 7.05 Å². The molecule has 1 aromatic rings. The number of aryl methyl sites for hydroxylation is 1. The van der Waals surface area contributed by atoms with Crippen molar-refractivity contribution < 1.29 is 9.53 Å². The number of carbonyl (C=O) groups excluding carboxylic acids is 1. The summed E-state index contributed by atoms with van der Waals surface area (Å²) in [5.74, 6) is -0.337. The quantitative estimate of drug-likeness (QED) is 0.487. The molecule has 0 amide bonds. The fraction of sp³-hybridized carbons (Fsp3) is 0.222. The second-order valence-corrected chi connectivity index (χ2v) is 2.40. The van der Waals surface area contributed by atoms with Crippen LogP contribution in [-0.2, 0) is 16.6 Å². The van der Waals surface area contributed by atoms with Crippen molar-refractivity contribution in [1.29, 1.82) is 0 Å². The van der Waals surface area contributed by atoms with Crippen LogP contribution in [0.25, 0.3) is 6.08 Å². The molecule has 0 atom stereocenters. The summed E-state index contributed by atoms with van der Waals surface area (Å²) in [5, 5.41) is 0. The van der Waals surface area contributed by atoms with Gasteiger partial charge in [-0.15, -0.1) is 0 Å². The van der Waals surface area contributed by atoms with E-state index in [9.17, 15) is 4.79 Å². The Morgan fingerprint density at radius 1 is 1.67 bits per heavy atom. The van der Waals surface area contributed by atoms with Crippen LogP contribution in [-0.4, -0.2) is 17.6 Å². The first-order chi connectivity index (χ1) is 5.74. The standard InChI is InChI=1S/C9H11NO2/c1-10-7-3-4-8(10)5-6-9(11)12-2/h3-7H,1-2H3/b6-5+. The Hall–Kier alpha value is -1.51. The van der Waals surface area contributed by atoms with Gasteiger partial charge in [0.05, 0.1) is 7.11 Å². The molecule has 0 saturated carbocycles. The minimum atomic E-state index is -0.337. The molecule has 1 rings (SSSR count). The van der Waals surface area contributed by atoms with Crippen molar-refractivity contribution in [3.8, 4) is 0 Å². The Morgan fingerprint density at radius 3 is 2.92 bits per heavy atom. The van der Waals surface area contributed by atoms with Crippen molar-refractivity contribution in [3.05, 3.63) is 30.1 Å². The van der Waals surface area contributed by atoms with E-state index in [2.05, 4.69) is 4.74 Å². The number of hydrogen-bond acceptors (Lipinski definition) is 2. The fourth-order valence-corrected chi connectivity index (χ4v) is 0.869. The summed E-state index contributed by atoms with van der Waals surface area (Å²) in [5.41, 5.74) is 0.973. The average Bonchev–Trinajstić information content (AvgIpc) is 2.47. The lowest BCUT2D eigenvalue weighted by molar-refractivity contribution is -0.134. The molecule has 0 N–H and O–H groups in total. The molecule has 0 unspecified atom stereocenters. The van der Waals surface area contributed by atoms with E-state index in [1.54, 1.807) is 6.08 Å². The maximum Gasteiger partial charge on any atom is 0.330 e. The van der Waals surface area contributed by atoms with Gasteiger partial charge in [-0.25, -0.2) is 4.79 Å². The molecule has 1 heterocycles. The van der Waals surface area contributed by atoms with Crippen LogP contribution in [0.5, 0.6) is 0 Å². The number of rotatable bonds is 2. The number of carbonyl (C=O) groups is 1. The lowest BCUT2D eigenvalue weighted by Gasteiger charge is -1.94. The largest absolute Gasteiger partial charge is 0.466 e. The molecule has 0 aromatic carbocycles. The van der Waals surface area contributed by atoms with Crippen molar-refractivity contribution in [2.45, 2.75) is 0 Å². The van der Waals surface area contributed by atoms with Crippen molar-refractivity contribution in [1.82, 2.24) is 4.57 Å². The highest BCUT2D eigenvalue weighted by Crippen LogP contribution is 2.01. The summed E-state index contributed by atoms with van der Waals surface area (Å²) in [6, 6.07) is 3.83. The summed E-state index contributed by atoms with van der Waals surface area (Å²) in [4.78, 5) is 10.7. The third-order valence-corrected chi connectivity index (χ3v) is 1.58. The molecule has 0 radical (unpaired) electrons. The molecule has 0 fully saturated rings. The van der Waals surface area contributed by atoms with Crippen molar-refractivity contribution >= 4 is 12.0 Å². The average molecular weight is 165 g/mol. The number of methoxy groups -OCH3 is 1. The smallest absolute Gasteiger partial charge is 0.330 e. The first kappa shape index (κ1) is 8.59. The summed E-state index contributed by atoms with van der Waals surface area (Å²) in [6.07, 6.45) is 5.03. The Morgan fingerprint density at radius 2 is 2.42 bits per heavy atom. The molecule has 0 spiro atoms. The van der Waals surface area contributed by atoms with Gasteiger partial charge < -0.3 is 9.30 Å². The van der Waals surface area contributed by atoms with Gasteiger partial charge in [0, 0.05) is 25.0 Å². The number of nitrogens with zero attached hydrogens (tertiary/aromatic N) is 1. The second kappa shape index (κ2) is 3.76. The van der Waals surface area contributed by atoms with Gasteiger partial charge in [0.2, 0.25) is 0 Å². The third kappa shape index (κ3) is 1.99. The van der Waals surface area contributed by atoms with Crippen LogP contribution in [0.15, 0.2) is 24.4 Å². The summed E-state index contributed by atoms with van der Waals surface area (Å²) >= 11 is 0. The van der Waals surface area contributed by atoms with Crippen LogP contribution in [0, 0.1) is 0 Å². The highest BCUT2D eigenvalue weighted by atomic mass is 16.5. The van der Waals surface area contributed by atoms with Gasteiger partial charge in [0.15, 0.2) is 0 Å². The molecule has 0 aliphatic carbocycles. The predicted octanol–water partition coefficient (Wildman–Crippen LogP) is 1.21. The normalized spacial score (nSPS) is 10.5. The van der Waals surface area contributed by atoms with Crippen LogP contribution in [0.2, 0.25) is 0 Å². The highest BCUT2D eigenvalue weighted by Gasteiger charge is 1.93. The monoisotopic (exact) mass is 165 g/mol. The zero-order chi connectivity index (χ0) is 8.97. The van der Waals surface area contributed by atoms with Gasteiger partial charge in [-0.05, 0) is 18.2 Å². The molecule has 1 aromatic heterocycles. The van der Waals surface area contributed by atoms with E-state index in [1.165, 1.54) is 13.2 Å². The Balaban J connectivity index is 2.69. The fourth-order valence-electron chi connectivity index (χ4n) is 0.869. The molecule has 0 bridgehead atoms. The minimum Gasteiger partial charge on any atom is -0.466 e. The van der Waals surface area contributed by atoms with Gasteiger partial charge in [-0.3, -0.25) is 0 Å². The first-order valence-corrected chi connectivity index (χ1v) is 3.61. The molecule has 0 aliphatic heterocycles. The second-order valence-electron chi connectivity index (χ2n) is 2.40. The lowest BCUT2D eigenvalue weighted by atomic mass is 10.4. The number of hydrogen-bond donors (Lipinski definition) is 0. The minimum absolute atomic E-state index is 0.337. The van der Waals surface area contributed by atoms with Gasteiger partial charge in [0.25, 0.3) is 0 Å². The Labute approximate surface area is 71.3 Å². The molecule has 3 nitrogen and oxygen atoms in total. The van der Waals surface area contributed by atoms with E-state index >= 15 is 0 Å². The number of ether oxygens (including phenoxy) is 1. The van der Waals surface area contributed by atoms with Crippen molar-refractivity contribution in [2.75, 3.05) is 7.11 Å². The zero-order valence-electron chi connectivity index (χ0n) is 7.15.